The number of anilines is 1. The number of amides is 1. The summed E-state index contributed by atoms with van der Waals surface area (Å²) < 4.78 is 48.1. The molecule has 10 heteroatoms. The SMILES string of the molecule is COc1ccc(C)c(-n2c(N)c(C(N)=O)c3c(C(F)(F)F)n(C)nc32)c1C. The summed E-state index contributed by atoms with van der Waals surface area (Å²) in [5.41, 5.74) is 11.7. The molecule has 0 aliphatic carbocycles. The number of methoxy groups -OCH3 is 1. The molecule has 1 aromatic carbocycles. The molecule has 2 aromatic heterocycles. The Balaban J connectivity index is 2.55. The van der Waals surface area contributed by atoms with Crippen molar-refractivity contribution in [2.45, 2.75) is 20.0 Å². The first kappa shape index (κ1) is 18.6. The van der Waals surface area contributed by atoms with E-state index in [1.54, 1.807) is 26.0 Å². The maximum atomic E-state index is 13.6. The number of carbonyl (C=O) groups excluding carboxylic acids is 1. The fraction of sp³-hybridized carbons (Fsp3) is 0.294. The van der Waals surface area contributed by atoms with Crippen molar-refractivity contribution in [3.8, 4) is 11.4 Å². The second-order valence-corrected chi connectivity index (χ2v) is 6.19. The van der Waals surface area contributed by atoms with Crippen LogP contribution in [0.2, 0.25) is 0 Å². The molecule has 144 valence electrons. The van der Waals surface area contributed by atoms with E-state index in [1.807, 2.05) is 0 Å². The summed E-state index contributed by atoms with van der Waals surface area (Å²) >= 11 is 0. The molecule has 27 heavy (non-hydrogen) atoms. The molecule has 0 fully saturated rings. The van der Waals surface area contributed by atoms with Crippen LogP contribution >= 0.6 is 0 Å². The Labute approximate surface area is 152 Å². The van der Waals surface area contributed by atoms with Gasteiger partial charge in [-0.15, -0.1) is 0 Å². The number of benzene rings is 1. The summed E-state index contributed by atoms with van der Waals surface area (Å²) in [5.74, 6) is -0.747. The van der Waals surface area contributed by atoms with Crippen molar-refractivity contribution in [1.29, 1.82) is 0 Å². The van der Waals surface area contributed by atoms with Crippen LogP contribution in [0.25, 0.3) is 16.7 Å². The van der Waals surface area contributed by atoms with E-state index in [0.717, 1.165) is 7.05 Å². The minimum Gasteiger partial charge on any atom is -0.496 e. The number of rotatable bonds is 3. The van der Waals surface area contributed by atoms with Gasteiger partial charge in [0, 0.05) is 12.6 Å². The number of aromatic nitrogens is 3. The Morgan fingerprint density at radius 3 is 2.41 bits per heavy atom. The number of alkyl halides is 3. The third kappa shape index (κ3) is 2.59. The van der Waals surface area contributed by atoms with Crippen LogP contribution in [0.3, 0.4) is 0 Å². The number of hydrogen-bond acceptors (Lipinski definition) is 4. The van der Waals surface area contributed by atoms with Crippen LogP contribution in [0.15, 0.2) is 12.1 Å². The molecule has 3 rings (SSSR count). The summed E-state index contributed by atoms with van der Waals surface area (Å²) in [6.07, 6.45) is -4.75. The van der Waals surface area contributed by atoms with Crippen molar-refractivity contribution in [3.63, 3.8) is 0 Å². The molecule has 0 bridgehead atoms. The molecule has 2 heterocycles. The number of ether oxygens (including phenoxy) is 1. The third-order valence-corrected chi connectivity index (χ3v) is 4.53. The molecule has 0 unspecified atom stereocenters. The van der Waals surface area contributed by atoms with Gasteiger partial charge in [-0.3, -0.25) is 14.0 Å². The van der Waals surface area contributed by atoms with E-state index in [9.17, 15) is 18.0 Å². The van der Waals surface area contributed by atoms with Crippen LogP contribution < -0.4 is 16.2 Å². The minimum absolute atomic E-state index is 0.101. The smallest absolute Gasteiger partial charge is 0.433 e. The lowest BCUT2D eigenvalue weighted by Crippen LogP contribution is -2.17. The monoisotopic (exact) mass is 381 g/mol. The van der Waals surface area contributed by atoms with Crippen LogP contribution in [0.1, 0.15) is 27.2 Å². The number of fused-ring (bicyclic) bond motifs is 1. The number of hydrogen-bond donors (Lipinski definition) is 2. The molecule has 7 nitrogen and oxygen atoms in total. The first-order chi connectivity index (χ1) is 12.5. The number of halogens is 3. The van der Waals surface area contributed by atoms with Crippen LogP contribution in [0, 0.1) is 13.8 Å². The molecular formula is C17H18F3N5O2. The highest BCUT2D eigenvalue weighted by atomic mass is 19.4. The van der Waals surface area contributed by atoms with Gasteiger partial charge in [-0.05, 0) is 25.5 Å². The van der Waals surface area contributed by atoms with Gasteiger partial charge >= 0.3 is 6.18 Å². The zero-order valence-electron chi connectivity index (χ0n) is 15.1. The van der Waals surface area contributed by atoms with Crippen molar-refractivity contribution in [2.24, 2.45) is 12.8 Å². The molecule has 0 aliphatic heterocycles. The quantitative estimate of drug-likeness (QED) is 0.728. The normalized spacial score (nSPS) is 12.0. The molecule has 0 atom stereocenters. The van der Waals surface area contributed by atoms with E-state index in [-0.39, 0.29) is 11.5 Å². The standard InChI is InChI=1S/C17H18F3N5O2/c1-7-5-6-9(27-4)8(2)12(7)25-14(21)11(15(22)26)10-13(17(18,19)20)24(3)23-16(10)25/h5-6H,21H2,1-4H3,(H2,22,26). The highest BCUT2D eigenvalue weighted by Crippen LogP contribution is 2.42. The Morgan fingerprint density at radius 1 is 1.26 bits per heavy atom. The fourth-order valence-corrected chi connectivity index (χ4v) is 3.43. The average Bonchev–Trinajstić information content (AvgIpc) is 2.99. The van der Waals surface area contributed by atoms with E-state index in [0.29, 0.717) is 27.2 Å². The third-order valence-electron chi connectivity index (χ3n) is 4.53. The van der Waals surface area contributed by atoms with E-state index >= 15 is 0 Å². The zero-order chi connectivity index (χ0) is 20.3. The van der Waals surface area contributed by atoms with Crippen LogP contribution in [-0.4, -0.2) is 27.4 Å². The highest BCUT2D eigenvalue weighted by Gasteiger charge is 2.41. The predicted molar refractivity (Wildman–Crippen MR) is 94.0 cm³/mol. The van der Waals surface area contributed by atoms with Gasteiger partial charge in [0.15, 0.2) is 11.3 Å². The van der Waals surface area contributed by atoms with Crippen molar-refractivity contribution in [1.82, 2.24) is 14.3 Å². The topological polar surface area (TPSA) is 101 Å². The second-order valence-electron chi connectivity index (χ2n) is 6.19. The van der Waals surface area contributed by atoms with Gasteiger partial charge in [0.2, 0.25) is 0 Å². The number of nitrogen functional groups attached to an aromatic ring is 1. The molecule has 3 aromatic rings. The highest BCUT2D eigenvalue weighted by molar-refractivity contribution is 6.12. The number of aryl methyl sites for hydroxylation is 2. The molecule has 0 saturated carbocycles. The molecular weight excluding hydrogens is 363 g/mol. The van der Waals surface area contributed by atoms with Crippen molar-refractivity contribution in [2.75, 3.05) is 12.8 Å². The lowest BCUT2D eigenvalue weighted by atomic mass is 10.1. The lowest BCUT2D eigenvalue weighted by molar-refractivity contribution is -0.142. The first-order valence-corrected chi connectivity index (χ1v) is 7.89. The van der Waals surface area contributed by atoms with Gasteiger partial charge in [0.25, 0.3) is 5.91 Å². The molecule has 0 saturated heterocycles. The predicted octanol–water partition coefficient (Wildman–Crippen LogP) is 2.69. The van der Waals surface area contributed by atoms with Crippen LogP contribution in [0.4, 0.5) is 19.0 Å². The molecule has 0 radical (unpaired) electrons. The van der Waals surface area contributed by atoms with Crippen molar-refractivity contribution >= 4 is 22.8 Å². The van der Waals surface area contributed by atoms with Gasteiger partial charge in [-0.1, -0.05) is 6.07 Å². The lowest BCUT2D eigenvalue weighted by Gasteiger charge is -2.16. The summed E-state index contributed by atoms with van der Waals surface area (Å²) in [5, 5.41) is 3.57. The van der Waals surface area contributed by atoms with E-state index in [1.165, 1.54) is 11.7 Å². The van der Waals surface area contributed by atoms with Gasteiger partial charge < -0.3 is 16.2 Å². The molecule has 0 spiro atoms. The maximum Gasteiger partial charge on any atom is 0.433 e. The molecule has 4 N–H and O–H groups in total. The van der Waals surface area contributed by atoms with Gasteiger partial charge in [0.05, 0.1) is 23.7 Å². The Hall–Kier alpha value is -3.17. The minimum atomic E-state index is -4.75. The molecule has 0 aliphatic rings. The number of nitrogens with two attached hydrogens (primary N) is 2. The second kappa shape index (κ2) is 5.93. The summed E-state index contributed by atoms with van der Waals surface area (Å²) in [6.45, 7) is 3.51. The van der Waals surface area contributed by atoms with E-state index < -0.39 is 28.7 Å². The van der Waals surface area contributed by atoms with Crippen LogP contribution in [0.5, 0.6) is 5.75 Å². The van der Waals surface area contributed by atoms with E-state index in [4.69, 9.17) is 16.2 Å². The zero-order valence-corrected chi connectivity index (χ0v) is 15.1. The van der Waals surface area contributed by atoms with Crippen molar-refractivity contribution < 1.29 is 22.7 Å². The Bertz CT molecular complexity index is 1080. The number of nitrogens with zero attached hydrogens (tertiary/aromatic N) is 3. The summed E-state index contributed by atoms with van der Waals surface area (Å²) in [4.78, 5) is 12.0. The summed E-state index contributed by atoms with van der Waals surface area (Å²) in [6, 6.07) is 3.48. The van der Waals surface area contributed by atoms with Crippen LogP contribution in [-0.2, 0) is 13.2 Å². The Kier molecular flexibility index (Phi) is 4.09. The summed E-state index contributed by atoms with van der Waals surface area (Å²) in [7, 11) is 2.63. The van der Waals surface area contributed by atoms with Gasteiger partial charge in [0.1, 0.15) is 11.6 Å². The Morgan fingerprint density at radius 2 is 1.89 bits per heavy atom. The van der Waals surface area contributed by atoms with Crippen molar-refractivity contribution in [3.05, 3.63) is 34.5 Å². The molecule has 1 amide bonds. The average molecular weight is 381 g/mol. The fourth-order valence-electron chi connectivity index (χ4n) is 3.43. The van der Waals surface area contributed by atoms with Gasteiger partial charge in [-0.25, -0.2) is 0 Å². The van der Waals surface area contributed by atoms with E-state index in [2.05, 4.69) is 5.10 Å². The maximum absolute atomic E-state index is 13.6. The van der Waals surface area contributed by atoms with Gasteiger partial charge in [-0.2, -0.15) is 18.3 Å². The first-order valence-electron chi connectivity index (χ1n) is 7.89. The number of carbonyl (C=O) groups is 1. The number of primary amides is 1. The largest absolute Gasteiger partial charge is 0.496 e.